The van der Waals surface area contributed by atoms with E-state index in [9.17, 15) is 44.3 Å². The fraction of sp³-hybridized carbons (Fsp3) is 0.267. The average molecular weight is 630 g/mol. The fourth-order valence-corrected chi connectivity index (χ4v) is 4.73. The first-order valence-corrected chi connectivity index (χ1v) is 12.9. The maximum absolute atomic E-state index is 14.0. The Balaban J connectivity index is 1.85. The Morgan fingerprint density at radius 2 is 1.45 bits per heavy atom. The van der Waals surface area contributed by atoms with Crippen LogP contribution in [0.25, 0.3) is 0 Å². The number of ether oxygens (including phenoxy) is 1. The quantitative estimate of drug-likeness (QED) is 0.223. The Labute approximate surface area is 245 Å². The summed E-state index contributed by atoms with van der Waals surface area (Å²) >= 11 is 0. The highest BCUT2D eigenvalue weighted by molar-refractivity contribution is 5.96. The zero-order chi connectivity index (χ0) is 32.4. The number of carbonyl (C=O) groups is 1. The Hall–Kier alpha value is -4.49. The number of aliphatic imine (C=N–C) groups is 1. The van der Waals surface area contributed by atoms with Gasteiger partial charge in [-0.1, -0.05) is 42.5 Å². The number of methoxy groups -OCH3 is 1. The zero-order valence-corrected chi connectivity index (χ0v) is 23.0. The van der Waals surface area contributed by atoms with Crippen LogP contribution in [-0.2, 0) is 41.1 Å². The number of hydrogen-bond donors (Lipinski definition) is 1. The SMILES string of the molecule is COC(=O)C1=C(C)N(Cc2cccc(C(F)(F)F)c2)C(=NCc2ccc(C(F)(F)F)cc2)NC1c1ccccc1C(F)(F)F. The van der Waals surface area contributed by atoms with Gasteiger partial charge in [-0.15, -0.1) is 0 Å². The summed E-state index contributed by atoms with van der Waals surface area (Å²) < 4.78 is 126. The maximum Gasteiger partial charge on any atom is 0.416 e. The van der Waals surface area contributed by atoms with Crippen molar-refractivity contribution in [2.75, 3.05) is 7.11 Å². The van der Waals surface area contributed by atoms with Crippen molar-refractivity contribution in [3.8, 4) is 0 Å². The van der Waals surface area contributed by atoms with E-state index in [4.69, 9.17) is 4.74 Å². The second-order valence-corrected chi connectivity index (χ2v) is 9.77. The summed E-state index contributed by atoms with van der Waals surface area (Å²) in [7, 11) is 1.03. The maximum atomic E-state index is 14.0. The van der Waals surface area contributed by atoms with E-state index in [-0.39, 0.29) is 41.4 Å². The largest absolute Gasteiger partial charge is 0.466 e. The molecule has 0 saturated carbocycles. The van der Waals surface area contributed by atoms with E-state index in [1.807, 2.05) is 0 Å². The third kappa shape index (κ3) is 7.17. The lowest BCUT2D eigenvalue weighted by molar-refractivity contribution is -0.140. The van der Waals surface area contributed by atoms with Gasteiger partial charge in [0.2, 0.25) is 0 Å². The first kappa shape index (κ1) is 32.4. The van der Waals surface area contributed by atoms with Crippen LogP contribution in [-0.4, -0.2) is 23.9 Å². The predicted molar refractivity (Wildman–Crippen MR) is 142 cm³/mol. The minimum absolute atomic E-state index is 0.0427. The highest BCUT2D eigenvalue weighted by Gasteiger charge is 2.41. The number of allylic oxidation sites excluding steroid dienone is 1. The Morgan fingerprint density at radius 3 is 2.05 bits per heavy atom. The zero-order valence-electron chi connectivity index (χ0n) is 23.0. The molecule has 5 nitrogen and oxygen atoms in total. The Kier molecular flexibility index (Phi) is 9.03. The molecule has 0 spiro atoms. The monoisotopic (exact) mass is 629 g/mol. The molecule has 3 aromatic carbocycles. The number of nitrogens with one attached hydrogen (secondary N) is 1. The molecule has 1 unspecified atom stereocenters. The number of alkyl halides is 9. The van der Waals surface area contributed by atoms with E-state index in [1.54, 1.807) is 0 Å². The van der Waals surface area contributed by atoms with Gasteiger partial charge in [0.15, 0.2) is 5.96 Å². The standard InChI is InChI=1S/C30H24F9N3O2/c1-17-24(26(43)44-2)25(22-8-3-4-9-23(22)30(37,38)39)41-27(40-15-18-10-12-20(13-11-18)28(31,32)33)42(17)16-19-6-5-7-21(14-19)29(34,35)36/h3-14,25H,15-16H2,1-2H3,(H,40,41). The van der Waals surface area contributed by atoms with Gasteiger partial charge in [-0.2, -0.15) is 39.5 Å². The summed E-state index contributed by atoms with van der Waals surface area (Å²) in [5.41, 5.74) is -3.02. The second-order valence-electron chi connectivity index (χ2n) is 9.77. The van der Waals surface area contributed by atoms with Crippen molar-refractivity contribution in [3.63, 3.8) is 0 Å². The molecule has 0 fully saturated rings. The predicted octanol–water partition coefficient (Wildman–Crippen LogP) is 7.89. The van der Waals surface area contributed by atoms with Gasteiger partial charge >= 0.3 is 24.5 Å². The lowest BCUT2D eigenvalue weighted by atomic mass is 9.91. The van der Waals surface area contributed by atoms with Crippen molar-refractivity contribution >= 4 is 11.9 Å². The average Bonchev–Trinajstić information content (AvgIpc) is 2.96. The van der Waals surface area contributed by atoms with E-state index >= 15 is 0 Å². The van der Waals surface area contributed by atoms with Crippen LogP contribution >= 0.6 is 0 Å². The van der Waals surface area contributed by atoms with E-state index in [0.29, 0.717) is 5.56 Å². The van der Waals surface area contributed by atoms with Crippen LogP contribution in [0.1, 0.15) is 46.3 Å². The molecular weight excluding hydrogens is 605 g/mol. The van der Waals surface area contributed by atoms with Crippen molar-refractivity contribution in [2.24, 2.45) is 4.99 Å². The lowest BCUT2D eigenvalue weighted by Crippen LogP contribution is -2.49. The van der Waals surface area contributed by atoms with Crippen LogP contribution < -0.4 is 5.32 Å². The topological polar surface area (TPSA) is 53.9 Å². The van der Waals surface area contributed by atoms with E-state index in [0.717, 1.165) is 43.5 Å². The van der Waals surface area contributed by atoms with E-state index < -0.39 is 47.2 Å². The van der Waals surface area contributed by atoms with Crippen LogP contribution in [0.3, 0.4) is 0 Å². The first-order chi connectivity index (χ1) is 20.5. The lowest BCUT2D eigenvalue weighted by Gasteiger charge is -2.38. The smallest absolute Gasteiger partial charge is 0.416 e. The number of guanidine groups is 1. The third-order valence-electron chi connectivity index (χ3n) is 6.88. The van der Waals surface area contributed by atoms with Crippen LogP contribution in [0, 0.1) is 0 Å². The second kappa shape index (κ2) is 12.2. The molecule has 1 aliphatic heterocycles. The van der Waals surface area contributed by atoms with Gasteiger partial charge in [-0.25, -0.2) is 9.79 Å². The third-order valence-corrected chi connectivity index (χ3v) is 6.88. The number of carbonyl (C=O) groups excluding carboxylic acids is 1. The molecule has 0 aromatic heterocycles. The molecule has 1 N–H and O–H groups in total. The number of esters is 1. The van der Waals surface area contributed by atoms with Crippen LogP contribution in [0.4, 0.5) is 39.5 Å². The van der Waals surface area contributed by atoms with Crippen molar-refractivity contribution in [3.05, 3.63) is 117 Å². The van der Waals surface area contributed by atoms with Crippen LogP contribution in [0.15, 0.2) is 89.1 Å². The normalized spacial score (nSPS) is 17.1. The highest BCUT2D eigenvalue weighted by atomic mass is 19.4. The van der Waals surface area contributed by atoms with Crippen molar-refractivity contribution in [1.82, 2.24) is 10.2 Å². The summed E-state index contributed by atoms with van der Waals surface area (Å²) in [6, 6.07) is 11.4. The number of benzene rings is 3. The molecular formula is C30H24F9N3O2. The molecule has 0 amide bonds. The summed E-state index contributed by atoms with van der Waals surface area (Å²) in [4.78, 5) is 18.7. The molecule has 0 radical (unpaired) electrons. The molecule has 234 valence electrons. The molecule has 0 saturated heterocycles. The van der Waals surface area contributed by atoms with Crippen molar-refractivity contribution in [1.29, 1.82) is 0 Å². The molecule has 44 heavy (non-hydrogen) atoms. The van der Waals surface area contributed by atoms with Crippen LogP contribution in [0.2, 0.25) is 0 Å². The van der Waals surface area contributed by atoms with Gasteiger partial charge in [0.1, 0.15) is 0 Å². The van der Waals surface area contributed by atoms with Gasteiger partial charge < -0.3 is 15.0 Å². The van der Waals surface area contributed by atoms with Crippen molar-refractivity contribution < 1.29 is 49.0 Å². The number of nitrogens with zero attached hydrogens (tertiary/aromatic N) is 2. The number of hydrogen-bond acceptors (Lipinski definition) is 3. The molecule has 0 bridgehead atoms. The minimum atomic E-state index is -4.82. The summed E-state index contributed by atoms with van der Waals surface area (Å²) in [5.74, 6) is -1.12. The number of rotatable bonds is 6. The summed E-state index contributed by atoms with van der Waals surface area (Å²) in [6.07, 6.45) is -14.1. The Morgan fingerprint density at radius 1 is 0.818 bits per heavy atom. The summed E-state index contributed by atoms with van der Waals surface area (Å²) in [6.45, 7) is 0.828. The van der Waals surface area contributed by atoms with Crippen LogP contribution in [0.5, 0.6) is 0 Å². The molecule has 1 aliphatic rings. The Bertz CT molecular complexity index is 1570. The van der Waals surface area contributed by atoms with Gasteiger partial charge in [-0.3, -0.25) is 0 Å². The molecule has 1 atom stereocenters. The highest BCUT2D eigenvalue weighted by Crippen LogP contribution is 2.40. The molecule has 14 heteroatoms. The van der Waals surface area contributed by atoms with Crippen molar-refractivity contribution in [2.45, 2.75) is 44.6 Å². The molecule has 4 rings (SSSR count). The number of halogens is 9. The fourth-order valence-electron chi connectivity index (χ4n) is 4.73. The van der Waals surface area contributed by atoms with Gasteiger partial charge in [0, 0.05) is 5.70 Å². The summed E-state index contributed by atoms with van der Waals surface area (Å²) in [5, 5.41) is 2.81. The molecule has 0 aliphatic carbocycles. The first-order valence-electron chi connectivity index (χ1n) is 12.9. The van der Waals surface area contributed by atoms with E-state index in [1.165, 1.54) is 48.2 Å². The minimum Gasteiger partial charge on any atom is -0.466 e. The van der Waals surface area contributed by atoms with Gasteiger partial charge in [0.05, 0.1) is 48.5 Å². The van der Waals surface area contributed by atoms with E-state index in [2.05, 4.69) is 10.3 Å². The van der Waals surface area contributed by atoms with Gasteiger partial charge in [0.25, 0.3) is 0 Å². The van der Waals surface area contributed by atoms with Gasteiger partial charge in [-0.05, 0) is 53.9 Å². The molecule has 3 aromatic rings. The molecule has 1 heterocycles.